The van der Waals surface area contributed by atoms with Crippen LogP contribution in [0.1, 0.15) is 10.4 Å². The lowest BCUT2D eigenvalue weighted by atomic mass is 10.2. The number of nitrogens with one attached hydrogen (secondary N) is 3. The number of para-hydroxylation sites is 2. The fourth-order valence-corrected chi connectivity index (χ4v) is 2.93. The van der Waals surface area contributed by atoms with Crippen LogP contribution in [-0.4, -0.2) is 44.4 Å². The number of anilines is 1. The number of carbonyl (C=O) groups excluding carboxylic acids is 1. The number of hydrogen-bond donors (Lipinski definition) is 4. The van der Waals surface area contributed by atoms with E-state index in [4.69, 9.17) is 21.4 Å². The van der Waals surface area contributed by atoms with Gasteiger partial charge in [0.1, 0.15) is 18.1 Å². The number of aromatic nitrogens is 4. The molecule has 1 amide bonds. The van der Waals surface area contributed by atoms with E-state index >= 15 is 0 Å². The molecular weight excluding hydrogens is 382 g/mol. The Morgan fingerprint density at radius 3 is 2.86 bits per heavy atom. The minimum absolute atomic E-state index is 0.120. The summed E-state index contributed by atoms with van der Waals surface area (Å²) >= 11 is 6.11. The highest BCUT2D eigenvalue weighted by atomic mass is 35.5. The van der Waals surface area contributed by atoms with Gasteiger partial charge < -0.3 is 20.1 Å². The number of ether oxygens (including phenoxy) is 1. The van der Waals surface area contributed by atoms with E-state index in [1.807, 2.05) is 24.3 Å². The highest BCUT2D eigenvalue weighted by molar-refractivity contribution is 6.32. The monoisotopic (exact) mass is 397 g/mol. The molecule has 2 heterocycles. The Morgan fingerprint density at radius 2 is 2.07 bits per heavy atom. The third kappa shape index (κ3) is 3.68. The number of aliphatic hydroxyl groups is 1. The second-order valence-corrected chi connectivity index (χ2v) is 6.35. The van der Waals surface area contributed by atoms with E-state index in [2.05, 4.69) is 25.5 Å². The summed E-state index contributed by atoms with van der Waals surface area (Å²) in [5.41, 5.74) is 2.76. The van der Waals surface area contributed by atoms with Crippen LogP contribution in [0.5, 0.6) is 5.75 Å². The first-order valence-electron chi connectivity index (χ1n) is 8.49. The van der Waals surface area contributed by atoms with Gasteiger partial charge in [-0.15, -0.1) is 0 Å². The number of carbonyl (C=O) groups is 1. The Hall–Kier alpha value is -3.36. The maximum absolute atomic E-state index is 12.5. The van der Waals surface area contributed by atoms with Gasteiger partial charge in [0, 0.05) is 11.6 Å². The van der Waals surface area contributed by atoms with Gasteiger partial charge in [0.15, 0.2) is 11.6 Å². The van der Waals surface area contributed by atoms with Gasteiger partial charge in [-0.3, -0.25) is 9.89 Å². The van der Waals surface area contributed by atoms with E-state index in [0.717, 1.165) is 11.0 Å². The number of amides is 1. The number of H-pyrrole nitrogens is 2. The van der Waals surface area contributed by atoms with Gasteiger partial charge in [-0.1, -0.05) is 23.7 Å². The summed E-state index contributed by atoms with van der Waals surface area (Å²) in [5.74, 6) is 1.03. The molecule has 4 rings (SSSR count). The Morgan fingerprint density at radius 1 is 1.21 bits per heavy atom. The van der Waals surface area contributed by atoms with Gasteiger partial charge in [0.05, 0.1) is 22.7 Å². The van der Waals surface area contributed by atoms with Gasteiger partial charge in [0.25, 0.3) is 5.91 Å². The summed E-state index contributed by atoms with van der Waals surface area (Å²) < 4.78 is 5.27. The number of nitrogens with zero attached hydrogens (tertiary/aromatic N) is 2. The van der Waals surface area contributed by atoms with E-state index in [1.165, 1.54) is 6.07 Å². The van der Waals surface area contributed by atoms with Crippen molar-refractivity contribution in [3.8, 4) is 17.3 Å². The maximum atomic E-state index is 12.5. The lowest BCUT2D eigenvalue weighted by Gasteiger charge is -2.08. The lowest BCUT2D eigenvalue weighted by molar-refractivity contribution is 0.102. The third-order valence-electron chi connectivity index (χ3n) is 4.01. The number of imidazole rings is 1. The largest absolute Gasteiger partial charge is 0.490 e. The summed E-state index contributed by atoms with van der Waals surface area (Å²) in [6, 6.07) is 14.0. The molecule has 2 aromatic carbocycles. The van der Waals surface area contributed by atoms with Crippen LogP contribution in [0.25, 0.3) is 22.6 Å². The van der Waals surface area contributed by atoms with Crippen LogP contribution in [-0.2, 0) is 0 Å². The summed E-state index contributed by atoms with van der Waals surface area (Å²) in [6.45, 7) is 0.00832. The normalized spacial score (nSPS) is 10.9. The van der Waals surface area contributed by atoms with Crippen LogP contribution in [0, 0.1) is 0 Å². The molecule has 9 heteroatoms. The average Bonchev–Trinajstić information content (AvgIpc) is 3.33. The van der Waals surface area contributed by atoms with Crippen LogP contribution in [0.15, 0.2) is 48.5 Å². The van der Waals surface area contributed by atoms with Crippen molar-refractivity contribution in [1.29, 1.82) is 0 Å². The number of fused-ring (bicyclic) bond motifs is 1. The molecule has 0 saturated carbocycles. The van der Waals surface area contributed by atoms with Crippen LogP contribution in [0.4, 0.5) is 5.82 Å². The Kier molecular flexibility index (Phi) is 4.96. The quantitative estimate of drug-likeness (QED) is 0.398. The molecule has 8 nitrogen and oxygen atoms in total. The molecule has 142 valence electrons. The van der Waals surface area contributed by atoms with Crippen molar-refractivity contribution in [2.45, 2.75) is 0 Å². The van der Waals surface area contributed by atoms with Crippen LogP contribution in [0.3, 0.4) is 0 Å². The standard InChI is InChI=1S/C19H16ClN5O3/c20-12-9-11(5-6-16(12)28-8-7-26)19(27)23-17-10-15(24-25-17)18-21-13-3-1-2-4-14(13)22-18/h1-6,9-10,26H,7-8H2,(H,21,22)(H2,23,24,25,27). The number of hydrogen-bond acceptors (Lipinski definition) is 5. The van der Waals surface area contributed by atoms with Gasteiger partial charge in [-0.25, -0.2) is 4.98 Å². The zero-order valence-corrected chi connectivity index (χ0v) is 15.3. The summed E-state index contributed by atoms with van der Waals surface area (Å²) in [4.78, 5) is 20.1. The van der Waals surface area contributed by atoms with E-state index in [9.17, 15) is 4.79 Å². The van der Waals surface area contributed by atoms with Crippen LogP contribution < -0.4 is 10.1 Å². The highest BCUT2D eigenvalue weighted by Crippen LogP contribution is 2.26. The number of benzene rings is 2. The van der Waals surface area contributed by atoms with E-state index in [-0.39, 0.29) is 24.1 Å². The van der Waals surface area contributed by atoms with Crippen molar-refractivity contribution in [1.82, 2.24) is 20.2 Å². The molecule has 0 unspecified atom stereocenters. The number of halogens is 1. The average molecular weight is 398 g/mol. The maximum Gasteiger partial charge on any atom is 0.256 e. The molecular formula is C19H16ClN5O3. The van der Waals surface area contributed by atoms with Gasteiger partial charge in [-0.05, 0) is 30.3 Å². The molecule has 4 N–H and O–H groups in total. The van der Waals surface area contributed by atoms with Crippen LogP contribution in [0.2, 0.25) is 5.02 Å². The first-order valence-corrected chi connectivity index (χ1v) is 8.87. The first-order chi connectivity index (χ1) is 13.6. The van der Waals surface area contributed by atoms with Gasteiger partial charge in [-0.2, -0.15) is 5.10 Å². The van der Waals surface area contributed by atoms with Crippen molar-refractivity contribution in [3.63, 3.8) is 0 Å². The molecule has 28 heavy (non-hydrogen) atoms. The molecule has 0 atom stereocenters. The third-order valence-corrected chi connectivity index (χ3v) is 4.30. The van der Waals surface area contributed by atoms with Crippen molar-refractivity contribution < 1.29 is 14.6 Å². The minimum atomic E-state index is -0.363. The molecule has 0 bridgehead atoms. The smallest absolute Gasteiger partial charge is 0.256 e. The van der Waals surface area contributed by atoms with E-state index in [0.29, 0.717) is 28.6 Å². The van der Waals surface area contributed by atoms with E-state index in [1.54, 1.807) is 18.2 Å². The zero-order chi connectivity index (χ0) is 19.5. The highest BCUT2D eigenvalue weighted by Gasteiger charge is 2.13. The molecule has 4 aromatic rings. The van der Waals surface area contributed by atoms with Gasteiger partial charge >= 0.3 is 0 Å². The Labute approximate surface area is 164 Å². The molecule has 0 saturated heterocycles. The topological polar surface area (TPSA) is 116 Å². The SMILES string of the molecule is O=C(Nc1cc(-c2nc3ccccc3[nH]2)[nH]n1)c1ccc(OCCO)c(Cl)c1. The van der Waals surface area contributed by atoms with Gasteiger partial charge in [0.2, 0.25) is 0 Å². The molecule has 0 aliphatic heterocycles. The minimum Gasteiger partial charge on any atom is -0.490 e. The molecule has 2 aromatic heterocycles. The number of aliphatic hydroxyl groups excluding tert-OH is 1. The summed E-state index contributed by atoms with van der Waals surface area (Å²) in [6.07, 6.45) is 0. The molecule has 0 fully saturated rings. The predicted octanol–water partition coefficient (Wildman–Crippen LogP) is 3.23. The molecule has 0 spiro atoms. The fourth-order valence-electron chi connectivity index (χ4n) is 2.69. The molecule has 0 aliphatic carbocycles. The van der Waals surface area contributed by atoms with Crippen molar-refractivity contribution in [2.75, 3.05) is 18.5 Å². The first kappa shape index (κ1) is 18.0. The fraction of sp³-hybridized carbons (Fsp3) is 0.105. The number of rotatable bonds is 6. The van der Waals surface area contributed by atoms with Crippen molar-refractivity contribution in [2.24, 2.45) is 0 Å². The number of aromatic amines is 2. The summed E-state index contributed by atoms with van der Waals surface area (Å²) in [5, 5.41) is 18.8. The van der Waals surface area contributed by atoms with E-state index < -0.39 is 0 Å². The predicted molar refractivity (Wildman–Crippen MR) is 106 cm³/mol. The second kappa shape index (κ2) is 7.71. The summed E-state index contributed by atoms with van der Waals surface area (Å²) in [7, 11) is 0. The van der Waals surface area contributed by atoms with Crippen LogP contribution >= 0.6 is 11.6 Å². The zero-order valence-electron chi connectivity index (χ0n) is 14.6. The second-order valence-electron chi connectivity index (χ2n) is 5.94. The van der Waals surface area contributed by atoms with Crippen molar-refractivity contribution in [3.05, 3.63) is 59.1 Å². The molecule has 0 radical (unpaired) electrons. The van der Waals surface area contributed by atoms with Crippen molar-refractivity contribution >= 4 is 34.4 Å². The molecule has 0 aliphatic rings. The Balaban J connectivity index is 1.49. The lowest BCUT2D eigenvalue weighted by Crippen LogP contribution is -2.12. The Bertz CT molecular complexity index is 1100.